The number of hydrogen-bond donors (Lipinski definition) is 0. The first-order chi connectivity index (χ1) is 10.4. The van der Waals surface area contributed by atoms with Gasteiger partial charge in [0.05, 0.1) is 25.1 Å². The number of methoxy groups -OCH3 is 1. The van der Waals surface area contributed by atoms with E-state index in [0.29, 0.717) is 0 Å². The molecule has 120 valence electrons. The van der Waals surface area contributed by atoms with E-state index in [-0.39, 0.29) is 48.4 Å². The second kappa shape index (κ2) is 7.96. The number of nitro groups is 1. The van der Waals surface area contributed by atoms with E-state index in [4.69, 9.17) is 9.47 Å². The Hall–Kier alpha value is -2.64. The molecule has 0 spiro atoms. The number of rotatable bonds is 7. The van der Waals surface area contributed by atoms with E-state index in [9.17, 15) is 19.7 Å². The summed E-state index contributed by atoms with van der Waals surface area (Å²) < 4.78 is 9.71. The molecule has 0 N–H and O–H groups in total. The first-order valence-electron chi connectivity index (χ1n) is 6.64. The van der Waals surface area contributed by atoms with E-state index in [1.165, 1.54) is 37.3 Å². The minimum absolute atomic E-state index is 0.00893. The Labute approximate surface area is 127 Å². The number of nitrogens with zero attached hydrogens (tertiary/aromatic N) is 2. The first-order valence-corrected chi connectivity index (χ1v) is 6.64. The van der Waals surface area contributed by atoms with Crippen molar-refractivity contribution in [2.75, 3.05) is 27.3 Å². The van der Waals surface area contributed by atoms with Crippen LogP contribution in [-0.4, -0.2) is 49.0 Å². The summed E-state index contributed by atoms with van der Waals surface area (Å²) in [5.74, 6) is -0.740. The van der Waals surface area contributed by atoms with Crippen LogP contribution in [0.3, 0.4) is 0 Å². The fourth-order valence-corrected chi connectivity index (χ4v) is 1.78. The van der Waals surface area contributed by atoms with Crippen molar-refractivity contribution < 1.29 is 24.0 Å². The predicted octanol–water partition coefficient (Wildman–Crippen LogP) is 1.63. The molecule has 22 heavy (non-hydrogen) atoms. The minimum Gasteiger partial charge on any atom is -0.490 e. The highest BCUT2D eigenvalue weighted by atomic mass is 16.6. The van der Waals surface area contributed by atoms with Gasteiger partial charge in [-0.15, -0.1) is 0 Å². The van der Waals surface area contributed by atoms with Gasteiger partial charge in [0.25, 0.3) is 5.91 Å². The Balaban J connectivity index is 2.80. The molecule has 1 aromatic rings. The van der Waals surface area contributed by atoms with Gasteiger partial charge in [-0.25, -0.2) is 0 Å². The van der Waals surface area contributed by atoms with Crippen LogP contribution >= 0.6 is 0 Å². The highest BCUT2D eigenvalue weighted by Crippen LogP contribution is 2.27. The molecule has 0 bridgehead atoms. The van der Waals surface area contributed by atoms with Crippen LogP contribution in [0, 0.1) is 10.1 Å². The second-order valence-corrected chi connectivity index (χ2v) is 4.43. The van der Waals surface area contributed by atoms with Crippen LogP contribution in [-0.2, 0) is 9.53 Å². The third kappa shape index (κ3) is 4.44. The summed E-state index contributed by atoms with van der Waals surface area (Å²) in [6.45, 7) is 2.18. The number of benzene rings is 1. The maximum absolute atomic E-state index is 12.2. The monoisotopic (exact) mass is 310 g/mol. The van der Waals surface area contributed by atoms with Crippen LogP contribution in [0.4, 0.5) is 5.69 Å². The van der Waals surface area contributed by atoms with Gasteiger partial charge in [0, 0.05) is 31.3 Å². The maximum atomic E-state index is 12.2. The Kier molecular flexibility index (Phi) is 6.30. The largest absolute Gasteiger partial charge is 0.490 e. The first kappa shape index (κ1) is 17.4. The van der Waals surface area contributed by atoms with Crippen molar-refractivity contribution in [2.24, 2.45) is 0 Å². The SMILES string of the molecule is CCOC(=O)CCN(C)C(=O)c1ccc([N+](=O)[O-])c(OC)c1. The lowest BCUT2D eigenvalue weighted by Gasteiger charge is -2.17. The van der Waals surface area contributed by atoms with Crippen molar-refractivity contribution in [2.45, 2.75) is 13.3 Å². The van der Waals surface area contributed by atoms with Crippen molar-refractivity contribution in [1.29, 1.82) is 0 Å². The molecule has 0 aliphatic heterocycles. The lowest BCUT2D eigenvalue weighted by molar-refractivity contribution is -0.385. The number of hydrogen-bond acceptors (Lipinski definition) is 6. The average Bonchev–Trinajstić information content (AvgIpc) is 2.51. The molecule has 0 saturated carbocycles. The van der Waals surface area contributed by atoms with Gasteiger partial charge in [-0.3, -0.25) is 19.7 Å². The van der Waals surface area contributed by atoms with E-state index < -0.39 is 4.92 Å². The van der Waals surface area contributed by atoms with Crippen molar-refractivity contribution >= 4 is 17.6 Å². The highest BCUT2D eigenvalue weighted by molar-refractivity contribution is 5.95. The molecule has 0 aliphatic rings. The highest BCUT2D eigenvalue weighted by Gasteiger charge is 2.19. The van der Waals surface area contributed by atoms with Crippen LogP contribution in [0.5, 0.6) is 5.75 Å². The zero-order chi connectivity index (χ0) is 16.7. The smallest absolute Gasteiger partial charge is 0.310 e. The quantitative estimate of drug-likeness (QED) is 0.431. The summed E-state index contributed by atoms with van der Waals surface area (Å²) in [5, 5.41) is 10.8. The normalized spacial score (nSPS) is 9.95. The molecule has 8 heteroatoms. The number of ether oxygens (including phenoxy) is 2. The lowest BCUT2D eigenvalue weighted by atomic mass is 10.1. The second-order valence-electron chi connectivity index (χ2n) is 4.43. The van der Waals surface area contributed by atoms with E-state index in [2.05, 4.69) is 0 Å². The summed E-state index contributed by atoms with van der Waals surface area (Å²) in [6.07, 6.45) is 0.0835. The molecule has 1 rings (SSSR count). The van der Waals surface area contributed by atoms with Crippen molar-refractivity contribution in [3.05, 3.63) is 33.9 Å². The lowest BCUT2D eigenvalue weighted by Crippen LogP contribution is -2.29. The number of nitro benzene ring substituents is 1. The zero-order valence-electron chi connectivity index (χ0n) is 12.7. The molecule has 0 atom stereocenters. The molecule has 0 saturated heterocycles. The van der Waals surface area contributed by atoms with Crippen LogP contribution in [0.25, 0.3) is 0 Å². The Bertz CT molecular complexity index is 572. The summed E-state index contributed by atoms with van der Waals surface area (Å²) in [5.41, 5.74) is 0.0297. The third-order valence-corrected chi connectivity index (χ3v) is 2.93. The van der Waals surface area contributed by atoms with Crippen LogP contribution in [0.2, 0.25) is 0 Å². The molecule has 8 nitrogen and oxygen atoms in total. The Morgan fingerprint density at radius 3 is 2.59 bits per heavy atom. The van der Waals surface area contributed by atoms with E-state index >= 15 is 0 Å². The molecule has 1 amide bonds. The Morgan fingerprint density at radius 2 is 2.05 bits per heavy atom. The third-order valence-electron chi connectivity index (χ3n) is 2.93. The molecule has 0 aliphatic carbocycles. The molecule has 0 radical (unpaired) electrons. The number of carbonyl (C=O) groups excluding carboxylic acids is 2. The van der Waals surface area contributed by atoms with Gasteiger partial charge in [-0.1, -0.05) is 0 Å². The van der Waals surface area contributed by atoms with E-state index in [1.54, 1.807) is 6.92 Å². The summed E-state index contributed by atoms with van der Waals surface area (Å²) >= 11 is 0. The summed E-state index contributed by atoms with van der Waals surface area (Å²) in [7, 11) is 2.83. The van der Waals surface area contributed by atoms with Crippen molar-refractivity contribution in [1.82, 2.24) is 4.90 Å². The van der Waals surface area contributed by atoms with Gasteiger partial charge in [-0.05, 0) is 13.0 Å². The molecule has 0 aromatic heterocycles. The minimum atomic E-state index is -0.586. The maximum Gasteiger partial charge on any atom is 0.310 e. The van der Waals surface area contributed by atoms with Gasteiger partial charge in [0.1, 0.15) is 0 Å². The standard InChI is InChI=1S/C14H18N2O6/c1-4-22-13(17)7-8-15(2)14(18)10-5-6-11(16(19)20)12(9-10)21-3/h5-6,9H,4,7-8H2,1-3H3. The van der Waals surface area contributed by atoms with Gasteiger partial charge < -0.3 is 14.4 Å². The van der Waals surface area contributed by atoms with Gasteiger partial charge in [-0.2, -0.15) is 0 Å². The molecular weight excluding hydrogens is 292 g/mol. The summed E-state index contributed by atoms with van der Waals surface area (Å²) in [4.78, 5) is 35.1. The van der Waals surface area contributed by atoms with Gasteiger partial charge in [0.2, 0.25) is 0 Å². The van der Waals surface area contributed by atoms with E-state index in [1.807, 2.05) is 0 Å². The topological polar surface area (TPSA) is 99.0 Å². The van der Waals surface area contributed by atoms with Crippen LogP contribution < -0.4 is 4.74 Å². The molecule has 0 unspecified atom stereocenters. The Morgan fingerprint density at radius 1 is 1.36 bits per heavy atom. The molecule has 0 fully saturated rings. The van der Waals surface area contributed by atoms with Crippen molar-refractivity contribution in [3.8, 4) is 5.75 Å². The van der Waals surface area contributed by atoms with Crippen molar-refractivity contribution in [3.63, 3.8) is 0 Å². The number of carbonyl (C=O) groups is 2. The molecule has 0 heterocycles. The van der Waals surface area contributed by atoms with Gasteiger partial charge in [0.15, 0.2) is 5.75 Å². The molecule has 1 aromatic carbocycles. The van der Waals surface area contributed by atoms with Gasteiger partial charge >= 0.3 is 11.7 Å². The average molecular weight is 310 g/mol. The zero-order valence-corrected chi connectivity index (χ0v) is 12.7. The summed E-state index contributed by atoms with van der Waals surface area (Å²) in [6, 6.07) is 3.87. The van der Waals surface area contributed by atoms with E-state index in [0.717, 1.165) is 0 Å². The van der Waals surface area contributed by atoms with Crippen LogP contribution in [0.15, 0.2) is 18.2 Å². The molecular formula is C14H18N2O6. The number of amides is 1. The predicted molar refractivity (Wildman–Crippen MR) is 77.9 cm³/mol. The fraction of sp³-hybridized carbons (Fsp3) is 0.429. The fourth-order valence-electron chi connectivity index (χ4n) is 1.78. The van der Waals surface area contributed by atoms with Crippen LogP contribution in [0.1, 0.15) is 23.7 Å². The number of esters is 1.